The summed E-state index contributed by atoms with van der Waals surface area (Å²) in [7, 11) is 0. The van der Waals surface area contributed by atoms with Crippen LogP contribution in [0.2, 0.25) is 0 Å². The number of epoxide rings is 1. The SMILES string of the molecule is O=C(OCc1ccccc1)N1CCN(C[C@@H]2CO2)CC1. The molecule has 2 aliphatic heterocycles. The fraction of sp³-hybridized carbons (Fsp3) is 0.533. The molecule has 5 nitrogen and oxygen atoms in total. The second-order valence-electron chi connectivity index (χ2n) is 5.28. The van der Waals surface area contributed by atoms with Gasteiger partial charge in [-0.2, -0.15) is 0 Å². The number of rotatable bonds is 4. The highest BCUT2D eigenvalue weighted by atomic mass is 16.6. The Labute approximate surface area is 119 Å². The lowest BCUT2D eigenvalue weighted by Crippen LogP contribution is -2.49. The fourth-order valence-corrected chi connectivity index (χ4v) is 2.39. The Bertz CT molecular complexity index is 440. The number of ether oxygens (including phenoxy) is 2. The van der Waals surface area contributed by atoms with Crippen molar-refractivity contribution in [3.8, 4) is 0 Å². The Hall–Kier alpha value is -1.59. The molecule has 0 saturated carbocycles. The molecular weight excluding hydrogens is 256 g/mol. The van der Waals surface area contributed by atoms with Gasteiger partial charge in [-0.15, -0.1) is 0 Å². The number of hydrogen-bond donors (Lipinski definition) is 0. The van der Waals surface area contributed by atoms with Gasteiger partial charge in [-0.05, 0) is 5.56 Å². The molecule has 3 rings (SSSR count). The molecule has 1 atom stereocenters. The maximum Gasteiger partial charge on any atom is 0.410 e. The molecule has 2 aliphatic rings. The van der Waals surface area contributed by atoms with Crippen molar-refractivity contribution in [1.82, 2.24) is 9.80 Å². The topological polar surface area (TPSA) is 45.3 Å². The maximum absolute atomic E-state index is 12.0. The van der Waals surface area contributed by atoms with Crippen LogP contribution in [0.4, 0.5) is 4.79 Å². The van der Waals surface area contributed by atoms with Crippen molar-refractivity contribution in [3.05, 3.63) is 35.9 Å². The minimum absolute atomic E-state index is 0.212. The summed E-state index contributed by atoms with van der Waals surface area (Å²) in [6, 6.07) is 9.76. The van der Waals surface area contributed by atoms with Gasteiger partial charge >= 0.3 is 6.09 Å². The molecule has 0 radical (unpaired) electrons. The molecule has 5 heteroatoms. The average Bonchev–Trinajstić information content (AvgIpc) is 3.31. The Morgan fingerprint density at radius 3 is 2.55 bits per heavy atom. The molecule has 0 bridgehead atoms. The molecule has 0 N–H and O–H groups in total. The van der Waals surface area contributed by atoms with Gasteiger partial charge < -0.3 is 14.4 Å². The van der Waals surface area contributed by atoms with E-state index in [1.54, 1.807) is 4.90 Å². The summed E-state index contributed by atoms with van der Waals surface area (Å²) in [5.74, 6) is 0. The summed E-state index contributed by atoms with van der Waals surface area (Å²) >= 11 is 0. The van der Waals surface area contributed by atoms with E-state index in [1.165, 1.54) is 0 Å². The highest BCUT2D eigenvalue weighted by molar-refractivity contribution is 5.67. The Morgan fingerprint density at radius 1 is 1.20 bits per heavy atom. The van der Waals surface area contributed by atoms with Crippen molar-refractivity contribution >= 4 is 6.09 Å². The number of piperazine rings is 1. The fourth-order valence-electron chi connectivity index (χ4n) is 2.39. The zero-order chi connectivity index (χ0) is 13.8. The lowest BCUT2D eigenvalue weighted by atomic mass is 10.2. The number of hydrogen-bond acceptors (Lipinski definition) is 4. The van der Waals surface area contributed by atoms with Crippen LogP contribution in [0, 0.1) is 0 Å². The third kappa shape index (κ3) is 3.71. The number of amides is 1. The average molecular weight is 276 g/mol. The van der Waals surface area contributed by atoms with Gasteiger partial charge in [0.15, 0.2) is 0 Å². The van der Waals surface area contributed by atoms with Gasteiger partial charge in [0, 0.05) is 32.7 Å². The largest absolute Gasteiger partial charge is 0.445 e. The minimum Gasteiger partial charge on any atom is -0.445 e. The lowest BCUT2D eigenvalue weighted by Gasteiger charge is -2.33. The van der Waals surface area contributed by atoms with Crippen LogP contribution < -0.4 is 0 Å². The minimum atomic E-state index is -0.212. The van der Waals surface area contributed by atoms with E-state index < -0.39 is 0 Å². The molecule has 2 saturated heterocycles. The van der Waals surface area contributed by atoms with Gasteiger partial charge in [-0.25, -0.2) is 4.79 Å². The van der Waals surface area contributed by atoms with Gasteiger partial charge in [0.2, 0.25) is 0 Å². The van der Waals surface area contributed by atoms with Crippen LogP contribution in [0.25, 0.3) is 0 Å². The van der Waals surface area contributed by atoms with Crippen LogP contribution in [0.5, 0.6) is 0 Å². The first kappa shape index (κ1) is 13.4. The van der Waals surface area contributed by atoms with Crippen LogP contribution in [-0.2, 0) is 16.1 Å². The lowest BCUT2D eigenvalue weighted by molar-refractivity contribution is 0.0701. The second-order valence-corrected chi connectivity index (χ2v) is 5.28. The summed E-state index contributed by atoms with van der Waals surface area (Å²) in [5, 5.41) is 0. The van der Waals surface area contributed by atoms with Crippen LogP contribution >= 0.6 is 0 Å². The number of benzene rings is 1. The molecule has 1 aromatic carbocycles. The molecule has 0 aliphatic carbocycles. The van der Waals surface area contributed by atoms with Gasteiger partial charge in [-0.1, -0.05) is 30.3 Å². The van der Waals surface area contributed by atoms with E-state index in [1.807, 2.05) is 30.3 Å². The summed E-state index contributed by atoms with van der Waals surface area (Å²) in [6.45, 7) is 5.50. The molecule has 2 fully saturated rings. The smallest absolute Gasteiger partial charge is 0.410 e. The molecule has 0 spiro atoms. The standard InChI is InChI=1S/C15H20N2O3/c18-15(20-11-13-4-2-1-3-5-13)17-8-6-16(7-9-17)10-14-12-19-14/h1-5,14H,6-12H2/t14-/m1/s1. The van der Waals surface area contributed by atoms with Gasteiger partial charge in [-0.3, -0.25) is 4.90 Å². The zero-order valence-electron chi connectivity index (χ0n) is 11.5. The van der Waals surface area contributed by atoms with E-state index in [0.717, 1.165) is 44.9 Å². The third-order valence-electron chi connectivity index (χ3n) is 3.70. The van der Waals surface area contributed by atoms with Gasteiger partial charge in [0.05, 0.1) is 12.7 Å². The number of carbonyl (C=O) groups is 1. The van der Waals surface area contributed by atoms with E-state index in [0.29, 0.717) is 12.7 Å². The van der Waals surface area contributed by atoms with Gasteiger partial charge in [0.1, 0.15) is 6.61 Å². The van der Waals surface area contributed by atoms with Crippen molar-refractivity contribution in [3.63, 3.8) is 0 Å². The summed E-state index contributed by atoms with van der Waals surface area (Å²) in [4.78, 5) is 16.1. The third-order valence-corrected chi connectivity index (χ3v) is 3.70. The molecular formula is C15H20N2O3. The van der Waals surface area contributed by atoms with Crippen molar-refractivity contribution in [1.29, 1.82) is 0 Å². The molecule has 108 valence electrons. The molecule has 20 heavy (non-hydrogen) atoms. The molecule has 1 aromatic rings. The Balaban J connectivity index is 1.39. The summed E-state index contributed by atoms with van der Waals surface area (Å²) < 4.78 is 10.6. The molecule has 2 heterocycles. The molecule has 0 unspecified atom stereocenters. The first-order valence-corrected chi connectivity index (χ1v) is 7.11. The van der Waals surface area contributed by atoms with Crippen molar-refractivity contribution in [2.75, 3.05) is 39.3 Å². The zero-order valence-corrected chi connectivity index (χ0v) is 11.5. The molecule has 0 aromatic heterocycles. The van der Waals surface area contributed by atoms with Crippen LogP contribution in [0.3, 0.4) is 0 Å². The summed E-state index contributed by atoms with van der Waals surface area (Å²) in [5.41, 5.74) is 1.02. The highest BCUT2D eigenvalue weighted by Gasteiger charge is 2.28. The first-order valence-electron chi connectivity index (χ1n) is 7.11. The number of nitrogens with zero attached hydrogens (tertiary/aromatic N) is 2. The van der Waals surface area contributed by atoms with Gasteiger partial charge in [0.25, 0.3) is 0 Å². The van der Waals surface area contributed by atoms with E-state index in [2.05, 4.69) is 4.90 Å². The maximum atomic E-state index is 12.0. The predicted octanol–water partition coefficient (Wildman–Crippen LogP) is 1.34. The normalized spacial score (nSPS) is 22.6. The monoisotopic (exact) mass is 276 g/mol. The van der Waals surface area contributed by atoms with E-state index >= 15 is 0 Å². The highest BCUT2D eigenvalue weighted by Crippen LogP contribution is 2.13. The Morgan fingerprint density at radius 2 is 1.90 bits per heavy atom. The van der Waals surface area contributed by atoms with E-state index in [9.17, 15) is 4.79 Å². The van der Waals surface area contributed by atoms with Crippen LogP contribution in [0.1, 0.15) is 5.56 Å². The van der Waals surface area contributed by atoms with Crippen LogP contribution in [-0.4, -0.2) is 61.3 Å². The van der Waals surface area contributed by atoms with Crippen molar-refractivity contribution in [2.45, 2.75) is 12.7 Å². The predicted molar refractivity (Wildman–Crippen MR) is 74.4 cm³/mol. The number of carbonyl (C=O) groups excluding carboxylic acids is 1. The summed E-state index contributed by atoms with van der Waals surface area (Å²) in [6.07, 6.45) is 0.211. The Kier molecular flexibility index (Phi) is 4.18. The second kappa shape index (κ2) is 6.24. The van der Waals surface area contributed by atoms with Crippen molar-refractivity contribution in [2.24, 2.45) is 0 Å². The first-order chi connectivity index (χ1) is 9.81. The van der Waals surface area contributed by atoms with E-state index in [-0.39, 0.29) is 6.09 Å². The van der Waals surface area contributed by atoms with E-state index in [4.69, 9.17) is 9.47 Å². The van der Waals surface area contributed by atoms with Crippen LogP contribution in [0.15, 0.2) is 30.3 Å². The molecule has 1 amide bonds. The quantitative estimate of drug-likeness (QED) is 0.779. The van der Waals surface area contributed by atoms with Crippen molar-refractivity contribution < 1.29 is 14.3 Å².